The van der Waals surface area contributed by atoms with Gasteiger partial charge < -0.3 is 15.4 Å². The smallest absolute Gasteiger partial charge is 0.126 e. The number of aryl methyl sites for hydroxylation is 2. The maximum Gasteiger partial charge on any atom is 0.126 e. The first-order chi connectivity index (χ1) is 9.11. The fourth-order valence-electron chi connectivity index (χ4n) is 2.37. The Morgan fingerprint density at radius 1 is 1.05 bits per heavy atom. The van der Waals surface area contributed by atoms with E-state index >= 15 is 0 Å². The molecule has 0 unspecified atom stereocenters. The molecule has 0 aromatic heterocycles. The molecule has 1 aromatic rings. The topological polar surface area (TPSA) is 33.3 Å². The molecule has 3 nitrogen and oxygen atoms in total. The summed E-state index contributed by atoms with van der Waals surface area (Å²) in [5, 5.41) is 6.68. The van der Waals surface area contributed by atoms with E-state index in [4.69, 9.17) is 4.74 Å². The first-order valence-corrected chi connectivity index (χ1v) is 7.10. The van der Waals surface area contributed by atoms with Crippen LogP contribution in [0.3, 0.4) is 0 Å². The standard InChI is InChI=1S/C16H28N2O/c1-12-10-13(2)15(16(19-5)14(12)3)11-18-9-7-6-8-17-4/h10,17-18H,6-9,11H2,1-5H3. The number of ether oxygens (including phenoxy) is 1. The Hall–Kier alpha value is -1.06. The van der Waals surface area contributed by atoms with E-state index in [1.54, 1.807) is 7.11 Å². The summed E-state index contributed by atoms with van der Waals surface area (Å²) >= 11 is 0. The monoisotopic (exact) mass is 264 g/mol. The normalized spacial score (nSPS) is 10.8. The Morgan fingerprint density at radius 2 is 1.74 bits per heavy atom. The largest absolute Gasteiger partial charge is 0.496 e. The quantitative estimate of drug-likeness (QED) is 0.708. The Morgan fingerprint density at radius 3 is 2.37 bits per heavy atom. The number of unbranched alkanes of at least 4 members (excludes halogenated alkanes) is 1. The maximum atomic E-state index is 5.58. The van der Waals surface area contributed by atoms with Gasteiger partial charge in [-0.3, -0.25) is 0 Å². The van der Waals surface area contributed by atoms with E-state index in [0.717, 1.165) is 25.4 Å². The fraction of sp³-hybridized carbons (Fsp3) is 0.625. The van der Waals surface area contributed by atoms with Gasteiger partial charge in [0.1, 0.15) is 5.75 Å². The van der Waals surface area contributed by atoms with E-state index in [2.05, 4.69) is 37.5 Å². The van der Waals surface area contributed by atoms with Gasteiger partial charge in [0.25, 0.3) is 0 Å². The molecular weight excluding hydrogens is 236 g/mol. The molecule has 0 saturated carbocycles. The fourth-order valence-corrected chi connectivity index (χ4v) is 2.37. The van der Waals surface area contributed by atoms with Gasteiger partial charge in [0.2, 0.25) is 0 Å². The second-order valence-electron chi connectivity index (χ2n) is 5.13. The molecule has 3 heteroatoms. The highest BCUT2D eigenvalue weighted by Crippen LogP contribution is 2.29. The molecule has 0 aliphatic heterocycles. The van der Waals surface area contributed by atoms with Gasteiger partial charge in [-0.1, -0.05) is 6.07 Å². The summed E-state index contributed by atoms with van der Waals surface area (Å²) < 4.78 is 5.58. The molecule has 0 aliphatic carbocycles. The van der Waals surface area contributed by atoms with Gasteiger partial charge in [-0.15, -0.1) is 0 Å². The van der Waals surface area contributed by atoms with E-state index in [0.29, 0.717) is 0 Å². The van der Waals surface area contributed by atoms with Gasteiger partial charge in [0, 0.05) is 12.1 Å². The zero-order chi connectivity index (χ0) is 14.3. The minimum Gasteiger partial charge on any atom is -0.496 e. The third-order valence-electron chi connectivity index (χ3n) is 3.65. The Kier molecular flexibility index (Phi) is 6.89. The molecule has 0 radical (unpaired) electrons. The Labute approximate surface area is 117 Å². The van der Waals surface area contributed by atoms with Gasteiger partial charge >= 0.3 is 0 Å². The predicted octanol–water partition coefficient (Wildman–Crippen LogP) is 2.71. The van der Waals surface area contributed by atoms with Crippen LogP contribution in [0.15, 0.2) is 6.07 Å². The molecule has 0 saturated heterocycles. The lowest BCUT2D eigenvalue weighted by Gasteiger charge is -2.17. The van der Waals surface area contributed by atoms with E-state index in [-0.39, 0.29) is 0 Å². The molecule has 108 valence electrons. The van der Waals surface area contributed by atoms with Crippen LogP contribution < -0.4 is 15.4 Å². The van der Waals surface area contributed by atoms with Crippen LogP contribution >= 0.6 is 0 Å². The maximum absolute atomic E-state index is 5.58. The summed E-state index contributed by atoms with van der Waals surface area (Å²) in [6.07, 6.45) is 2.42. The minimum atomic E-state index is 0.885. The van der Waals surface area contributed by atoms with Crippen molar-refractivity contribution in [2.45, 2.75) is 40.2 Å². The van der Waals surface area contributed by atoms with E-state index < -0.39 is 0 Å². The van der Waals surface area contributed by atoms with Crippen molar-refractivity contribution in [2.24, 2.45) is 0 Å². The van der Waals surface area contributed by atoms with Crippen molar-refractivity contribution >= 4 is 0 Å². The number of rotatable bonds is 8. The van der Waals surface area contributed by atoms with E-state index in [1.807, 2.05) is 7.05 Å². The SMILES string of the molecule is CNCCCCNCc1c(C)cc(C)c(C)c1OC. The first-order valence-electron chi connectivity index (χ1n) is 7.10. The van der Waals surface area contributed by atoms with Crippen LogP contribution in [0.5, 0.6) is 5.75 Å². The van der Waals surface area contributed by atoms with Crippen molar-refractivity contribution in [3.8, 4) is 5.75 Å². The molecule has 1 aromatic carbocycles. The number of hydrogen-bond acceptors (Lipinski definition) is 3. The van der Waals surface area contributed by atoms with Crippen LogP contribution in [-0.2, 0) is 6.54 Å². The summed E-state index contributed by atoms with van der Waals surface area (Å²) in [7, 11) is 3.76. The summed E-state index contributed by atoms with van der Waals surface area (Å²) in [6.45, 7) is 9.46. The van der Waals surface area contributed by atoms with Gasteiger partial charge in [0.05, 0.1) is 7.11 Å². The highest BCUT2D eigenvalue weighted by Gasteiger charge is 2.11. The third-order valence-corrected chi connectivity index (χ3v) is 3.65. The van der Waals surface area contributed by atoms with Crippen molar-refractivity contribution in [1.82, 2.24) is 10.6 Å². The summed E-state index contributed by atoms with van der Waals surface area (Å²) in [6, 6.07) is 2.25. The second-order valence-corrected chi connectivity index (χ2v) is 5.13. The molecule has 0 aliphatic rings. The molecule has 0 spiro atoms. The van der Waals surface area contributed by atoms with Gasteiger partial charge in [-0.2, -0.15) is 0 Å². The van der Waals surface area contributed by atoms with Crippen LogP contribution in [0, 0.1) is 20.8 Å². The molecule has 0 bridgehead atoms. The number of hydrogen-bond donors (Lipinski definition) is 2. The van der Waals surface area contributed by atoms with Gasteiger partial charge in [-0.25, -0.2) is 0 Å². The van der Waals surface area contributed by atoms with Crippen molar-refractivity contribution in [3.63, 3.8) is 0 Å². The Bertz CT molecular complexity index is 402. The second kappa shape index (κ2) is 8.18. The van der Waals surface area contributed by atoms with E-state index in [9.17, 15) is 0 Å². The van der Waals surface area contributed by atoms with Crippen molar-refractivity contribution in [1.29, 1.82) is 0 Å². The summed E-state index contributed by atoms with van der Waals surface area (Å²) in [4.78, 5) is 0. The summed E-state index contributed by atoms with van der Waals surface area (Å²) in [5.74, 6) is 1.04. The average Bonchev–Trinajstić information content (AvgIpc) is 2.39. The number of benzene rings is 1. The number of nitrogens with one attached hydrogen (secondary N) is 2. The zero-order valence-corrected chi connectivity index (χ0v) is 13.0. The lowest BCUT2D eigenvalue weighted by Crippen LogP contribution is -2.18. The average molecular weight is 264 g/mol. The van der Waals surface area contributed by atoms with Crippen LogP contribution in [0.2, 0.25) is 0 Å². The molecule has 19 heavy (non-hydrogen) atoms. The van der Waals surface area contributed by atoms with Gasteiger partial charge in [-0.05, 0) is 70.4 Å². The van der Waals surface area contributed by atoms with E-state index in [1.165, 1.54) is 35.1 Å². The lowest BCUT2D eigenvalue weighted by atomic mass is 9.99. The molecule has 0 amide bonds. The molecule has 0 atom stereocenters. The third kappa shape index (κ3) is 4.51. The predicted molar refractivity (Wildman–Crippen MR) is 82.1 cm³/mol. The lowest BCUT2D eigenvalue weighted by molar-refractivity contribution is 0.403. The summed E-state index contributed by atoms with van der Waals surface area (Å²) in [5.41, 5.74) is 5.15. The van der Waals surface area contributed by atoms with Gasteiger partial charge in [0.15, 0.2) is 0 Å². The number of methoxy groups -OCH3 is 1. The van der Waals surface area contributed by atoms with Crippen LogP contribution in [-0.4, -0.2) is 27.2 Å². The molecule has 0 heterocycles. The minimum absolute atomic E-state index is 0.885. The van der Waals surface area contributed by atoms with Crippen molar-refractivity contribution in [3.05, 3.63) is 28.3 Å². The van der Waals surface area contributed by atoms with Crippen molar-refractivity contribution < 1.29 is 4.74 Å². The van der Waals surface area contributed by atoms with Crippen LogP contribution in [0.1, 0.15) is 35.1 Å². The van der Waals surface area contributed by atoms with Crippen LogP contribution in [0.25, 0.3) is 0 Å². The zero-order valence-electron chi connectivity index (χ0n) is 13.0. The first kappa shape index (κ1) is 16.0. The highest BCUT2D eigenvalue weighted by atomic mass is 16.5. The Balaban J connectivity index is 2.60. The highest BCUT2D eigenvalue weighted by molar-refractivity contribution is 5.49. The molecular formula is C16H28N2O. The van der Waals surface area contributed by atoms with Crippen LogP contribution in [0.4, 0.5) is 0 Å². The molecule has 1 rings (SSSR count). The van der Waals surface area contributed by atoms with Crippen molar-refractivity contribution in [2.75, 3.05) is 27.2 Å². The molecule has 2 N–H and O–H groups in total. The molecule has 0 fully saturated rings.